The average Bonchev–Trinajstić information content (AvgIpc) is 3.47. The monoisotopic (exact) mass is 754 g/mol. The lowest BCUT2D eigenvalue weighted by Crippen LogP contribution is -2.62. The highest BCUT2D eigenvalue weighted by atomic mass is 32.2. The molecule has 0 saturated carbocycles. The van der Waals surface area contributed by atoms with E-state index in [4.69, 9.17) is 0 Å². The van der Waals surface area contributed by atoms with Crippen molar-refractivity contribution in [1.29, 1.82) is 0 Å². The van der Waals surface area contributed by atoms with Crippen LogP contribution >= 0.6 is 0 Å². The minimum atomic E-state index is -4.56. The van der Waals surface area contributed by atoms with Gasteiger partial charge in [-0.3, -0.25) is 14.4 Å². The van der Waals surface area contributed by atoms with E-state index in [1.54, 1.807) is 20.8 Å². The zero-order valence-corrected chi connectivity index (χ0v) is 31.1. The van der Waals surface area contributed by atoms with Crippen LogP contribution in [0.2, 0.25) is 0 Å². The van der Waals surface area contributed by atoms with Gasteiger partial charge in [0, 0.05) is 39.1 Å². The number of likely N-dealkylation sites (tertiary alicyclic amines) is 1. The molecule has 0 aromatic heterocycles. The van der Waals surface area contributed by atoms with Crippen molar-refractivity contribution in [2.24, 2.45) is 10.8 Å². The predicted molar refractivity (Wildman–Crippen MR) is 181 cm³/mol. The molecule has 1 aromatic rings. The van der Waals surface area contributed by atoms with Crippen LogP contribution in [0.3, 0.4) is 0 Å². The average molecular weight is 755 g/mol. The van der Waals surface area contributed by atoms with Crippen LogP contribution in [-0.4, -0.2) is 105 Å². The van der Waals surface area contributed by atoms with E-state index in [0.717, 1.165) is 22.7 Å². The van der Waals surface area contributed by atoms with E-state index in [1.807, 2.05) is 20.8 Å². The molecule has 0 bridgehead atoms. The highest BCUT2D eigenvalue weighted by Crippen LogP contribution is 2.30. The maximum atomic E-state index is 13.9. The molecule has 4 N–H and O–H groups in total. The van der Waals surface area contributed by atoms with Gasteiger partial charge in [0.05, 0.1) is 11.8 Å². The first-order chi connectivity index (χ1) is 23.2. The van der Waals surface area contributed by atoms with Crippen LogP contribution in [0.4, 0.5) is 26.7 Å². The zero-order valence-electron chi connectivity index (χ0n) is 30.3. The van der Waals surface area contributed by atoms with Gasteiger partial charge in [0.15, 0.2) is 0 Å². The number of likely N-dealkylation sites (N-methyl/N-ethyl adjacent to an activating group) is 1. The molecule has 1 aliphatic heterocycles. The summed E-state index contributed by atoms with van der Waals surface area (Å²) in [5.74, 6) is -2.44. The number of rotatable bonds is 14. The van der Waals surface area contributed by atoms with E-state index in [9.17, 15) is 49.5 Å². The van der Waals surface area contributed by atoms with Gasteiger partial charge in [-0.15, -0.1) is 0 Å². The molecule has 1 aliphatic rings. The number of urea groups is 1. The summed E-state index contributed by atoms with van der Waals surface area (Å²) >= 11 is 0. The van der Waals surface area contributed by atoms with Crippen LogP contribution in [0, 0.1) is 10.8 Å². The van der Waals surface area contributed by atoms with Crippen molar-refractivity contribution in [1.82, 2.24) is 30.5 Å². The molecule has 1 heterocycles. The van der Waals surface area contributed by atoms with Gasteiger partial charge < -0.3 is 26.2 Å². The third-order valence-corrected chi connectivity index (χ3v) is 9.88. The number of carbonyl (C=O) groups excluding carboxylic acids is 4. The van der Waals surface area contributed by atoms with E-state index < -0.39 is 93.4 Å². The molecule has 1 aromatic carbocycles. The van der Waals surface area contributed by atoms with E-state index in [0.29, 0.717) is 6.42 Å². The molecule has 0 spiro atoms. The molecular weight excluding hydrogens is 703 g/mol. The molecule has 0 radical (unpaired) electrons. The van der Waals surface area contributed by atoms with Crippen LogP contribution in [0.1, 0.15) is 71.9 Å². The van der Waals surface area contributed by atoms with E-state index in [1.165, 1.54) is 24.1 Å². The Hall–Kier alpha value is -3.54. The summed E-state index contributed by atoms with van der Waals surface area (Å²) in [6, 6.07) is -0.970. The lowest BCUT2D eigenvalue weighted by molar-refractivity contribution is -0.142. The highest BCUT2D eigenvalue weighted by molar-refractivity contribution is 7.88. The maximum Gasteiger partial charge on any atom is 0.416 e. The lowest BCUT2D eigenvalue weighted by Gasteiger charge is -2.37. The molecule has 5 amide bonds. The zero-order chi connectivity index (χ0) is 39.1. The lowest BCUT2D eigenvalue weighted by atomic mass is 9.85. The van der Waals surface area contributed by atoms with Crippen LogP contribution in [0.15, 0.2) is 24.3 Å². The van der Waals surface area contributed by atoms with Gasteiger partial charge in [0.2, 0.25) is 34.2 Å². The molecule has 4 atom stereocenters. The summed E-state index contributed by atoms with van der Waals surface area (Å²) in [5.41, 5.74) is -2.09. The van der Waals surface area contributed by atoms with Crippen molar-refractivity contribution in [2.75, 3.05) is 32.9 Å². The quantitative estimate of drug-likeness (QED) is 0.213. The molecule has 18 heteroatoms. The van der Waals surface area contributed by atoms with E-state index in [-0.39, 0.29) is 38.0 Å². The third kappa shape index (κ3) is 13.5. The van der Waals surface area contributed by atoms with Gasteiger partial charge in [-0.2, -0.15) is 13.2 Å². The fourth-order valence-electron chi connectivity index (χ4n) is 5.41. The normalized spacial score (nSPS) is 17.5. The topological polar surface area (TPSA) is 157 Å². The largest absolute Gasteiger partial charge is 0.416 e. The maximum absolute atomic E-state index is 13.9. The molecule has 0 unspecified atom stereocenters. The second-order valence-electron chi connectivity index (χ2n) is 15.0. The number of hydrogen-bond donors (Lipinski definition) is 4. The van der Waals surface area contributed by atoms with Crippen molar-refractivity contribution in [3.63, 3.8) is 0 Å². The standard InChI is InChI=1S/C33H51F5N6O6S/c1-31(2,3)24(19-43(7)51(8,49)50)41-30(48)42-26(32(4,5)6)29(47)44-16-10-13-23(44)28(46)40-22(18-25(34)35)27(45)39-15-14-20-11-9-12-21(17-20)33(36,37)38/h9,11-12,17,22-26H,10,13-16,18-19H2,1-8H3,(H,39,45)(H,40,46)(H2,41,42,48)/t22-,23-,24+,26+/m0/s1. The Morgan fingerprint density at radius 2 is 1.61 bits per heavy atom. The number of nitrogens with one attached hydrogen (secondary N) is 4. The van der Waals surface area contributed by atoms with Gasteiger partial charge >= 0.3 is 12.2 Å². The van der Waals surface area contributed by atoms with Gasteiger partial charge in [-0.05, 0) is 41.7 Å². The van der Waals surface area contributed by atoms with Crippen LogP contribution in [-0.2, 0) is 37.0 Å². The summed E-state index contributed by atoms with van der Waals surface area (Å²) in [6.45, 7) is 10.4. The molecule has 290 valence electrons. The molecular formula is C33H51F5N6O6S. The van der Waals surface area contributed by atoms with Crippen LogP contribution in [0.5, 0.6) is 0 Å². The minimum absolute atomic E-state index is 0.0322. The fraction of sp³-hybridized carbons (Fsp3) is 0.697. The Morgan fingerprint density at radius 3 is 2.14 bits per heavy atom. The molecule has 1 saturated heterocycles. The van der Waals surface area contributed by atoms with Crippen molar-refractivity contribution in [2.45, 2.75) is 104 Å². The fourth-order valence-corrected chi connectivity index (χ4v) is 5.83. The first kappa shape index (κ1) is 43.6. The highest BCUT2D eigenvalue weighted by Gasteiger charge is 2.43. The molecule has 12 nitrogen and oxygen atoms in total. The SMILES string of the molecule is CN(C[C@@H](NC(=O)N[C@H](C(=O)N1CCC[C@H]1C(=O)N[C@@H](CC(F)F)C(=O)NCCc1cccc(C(F)(F)F)c1)C(C)(C)C)C(C)(C)C)S(C)(=O)=O. The Labute approximate surface area is 296 Å². The minimum Gasteiger partial charge on any atom is -0.354 e. The number of hydrogen-bond acceptors (Lipinski definition) is 6. The second-order valence-corrected chi connectivity index (χ2v) is 17.1. The predicted octanol–water partition coefficient (Wildman–Crippen LogP) is 3.52. The second kappa shape index (κ2) is 17.3. The number of sulfonamides is 1. The van der Waals surface area contributed by atoms with Crippen molar-refractivity contribution in [3.8, 4) is 0 Å². The molecule has 1 fully saturated rings. The molecule has 0 aliphatic carbocycles. The van der Waals surface area contributed by atoms with Crippen LogP contribution in [0.25, 0.3) is 0 Å². The summed E-state index contributed by atoms with van der Waals surface area (Å²) in [6.07, 6.45) is -7.06. The Morgan fingerprint density at radius 1 is 0.980 bits per heavy atom. The van der Waals surface area contributed by atoms with Crippen molar-refractivity contribution < 1.29 is 49.5 Å². The Kier molecular flexibility index (Phi) is 14.8. The van der Waals surface area contributed by atoms with Gasteiger partial charge in [0.25, 0.3) is 0 Å². The van der Waals surface area contributed by atoms with Gasteiger partial charge in [-0.25, -0.2) is 26.3 Å². The first-order valence-electron chi connectivity index (χ1n) is 16.5. The number of halogens is 5. The van der Waals surface area contributed by atoms with Crippen LogP contribution < -0.4 is 21.3 Å². The van der Waals surface area contributed by atoms with E-state index >= 15 is 0 Å². The Bertz CT molecular complexity index is 1500. The van der Waals surface area contributed by atoms with Crippen molar-refractivity contribution in [3.05, 3.63) is 35.4 Å². The summed E-state index contributed by atoms with van der Waals surface area (Å²) in [5, 5.41) is 10.1. The Balaban J connectivity index is 2.16. The first-order valence-corrected chi connectivity index (χ1v) is 18.4. The van der Waals surface area contributed by atoms with Gasteiger partial charge in [-0.1, -0.05) is 59.7 Å². The summed E-state index contributed by atoms with van der Waals surface area (Å²) in [7, 11) is -2.18. The number of carbonyl (C=O) groups is 4. The number of amides is 5. The smallest absolute Gasteiger partial charge is 0.354 e. The van der Waals surface area contributed by atoms with E-state index in [2.05, 4.69) is 21.3 Å². The number of benzene rings is 1. The van der Waals surface area contributed by atoms with Crippen molar-refractivity contribution >= 4 is 33.8 Å². The summed E-state index contributed by atoms with van der Waals surface area (Å²) in [4.78, 5) is 54.8. The number of alkyl halides is 5. The third-order valence-electron chi connectivity index (χ3n) is 8.60. The number of nitrogens with zero attached hydrogens (tertiary/aromatic N) is 2. The van der Waals surface area contributed by atoms with Gasteiger partial charge in [0.1, 0.15) is 18.1 Å². The molecule has 2 rings (SSSR count). The molecule has 51 heavy (non-hydrogen) atoms. The summed E-state index contributed by atoms with van der Waals surface area (Å²) < 4.78 is 91.3.